The molecule has 4 fully saturated rings. The first-order chi connectivity index (χ1) is 14.9. The fourth-order valence-electron chi connectivity index (χ4n) is 3.52. The van der Waals surface area contributed by atoms with E-state index in [4.69, 9.17) is 25.3 Å². The molecule has 0 bridgehead atoms. The molecule has 0 atom stereocenters. The van der Waals surface area contributed by atoms with Gasteiger partial charge < -0.3 is 25.3 Å². The Hall–Kier alpha value is 1.93. The van der Waals surface area contributed by atoms with Crippen molar-refractivity contribution in [1.29, 1.82) is 0 Å². The molecule has 34 heavy (non-hydrogen) atoms. The minimum absolute atomic E-state index is 0. The largest absolute Gasteiger partial charge is 4.00 e. The Morgan fingerprint density at radius 1 is 0.353 bits per heavy atom. The van der Waals surface area contributed by atoms with Crippen LogP contribution in [0.5, 0.6) is 0 Å². The Kier molecular flexibility index (Phi) is 21.4. The van der Waals surface area contributed by atoms with Crippen LogP contribution < -0.4 is 0 Å². The van der Waals surface area contributed by atoms with Crippen LogP contribution >= 0.6 is 0 Å². The summed E-state index contributed by atoms with van der Waals surface area (Å²) >= 11 is 9.56. The average Bonchev–Trinajstić information content (AvgIpc) is 3.55. The summed E-state index contributed by atoms with van der Waals surface area (Å²) in [5.41, 5.74) is 0. The van der Waals surface area contributed by atoms with Crippen molar-refractivity contribution in [2.75, 3.05) is 0 Å². The van der Waals surface area contributed by atoms with E-state index < -0.39 is 0 Å². The molecule has 0 aliphatic heterocycles. The number of hydrogen-bond acceptors (Lipinski definition) is 2. The molecular formula is C30H38FeS2Ti+4. The van der Waals surface area contributed by atoms with Crippen molar-refractivity contribution < 1.29 is 38.8 Å². The molecule has 0 spiro atoms. The summed E-state index contributed by atoms with van der Waals surface area (Å²) in [6.45, 7) is 22.0. The van der Waals surface area contributed by atoms with E-state index in [-0.39, 0.29) is 38.8 Å². The van der Waals surface area contributed by atoms with Crippen LogP contribution in [0, 0.1) is 121 Å². The molecule has 20 radical (unpaired) electrons. The van der Waals surface area contributed by atoms with Crippen molar-refractivity contribution in [3.05, 3.63) is 121 Å². The second kappa shape index (κ2) is 19.1. The summed E-state index contributed by atoms with van der Waals surface area (Å²) in [5.74, 6) is 14.7. The summed E-state index contributed by atoms with van der Waals surface area (Å²) in [7, 11) is 0. The van der Waals surface area contributed by atoms with Crippen molar-refractivity contribution in [2.24, 2.45) is 0 Å². The van der Waals surface area contributed by atoms with Crippen LogP contribution in [-0.2, 0) is 64.0 Å². The fraction of sp³-hybridized carbons (Fsp3) is 0.333. The van der Waals surface area contributed by atoms with E-state index in [2.05, 4.69) is 69.2 Å². The first-order valence-corrected chi connectivity index (χ1v) is 11.9. The van der Waals surface area contributed by atoms with E-state index in [0.29, 0.717) is 0 Å². The van der Waals surface area contributed by atoms with Crippen LogP contribution in [0.25, 0.3) is 0 Å². The zero-order valence-electron chi connectivity index (χ0n) is 22.3. The molecule has 0 N–H and O–H groups in total. The van der Waals surface area contributed by atoms with Crippen molar-refractivity contribution >= 4 is 25.3 Å². The molecule has 0 saturated heterocycles. The quantitative estimate of drug-likeness (QED) is 0.218. The second-order valence-electron chi connectivity index (χ2n) is 8.47. The topological polar surface area (TPSA) is 0 Å². The van der Waals surface area contributed by atoms with Gasteiger partial charge in [-0.25, -0.2) is 0 Å². The van der Waals surface area contributed by atoms with Crippen molar-refractivity contribution in [2.45, 2.75) is 69.2 Å². The molecule has 4 heteroatoms. The fourth-order valence-corrected chi connectivity index (χ4v) is 3.81. The third-order valence-corrected chi connectivity index (χ3v) is 7.76. The SMILES string of the molecule is C[C]1[C](C)[C](C)[C](C)[C]1C.C[C]1[C](C)[C](C)[C](C)[C]1C.[CH]1[CH][CH][CH][CH]1.[Fe+2].[S-][C]1[CH][CH][CH][C]1[S-].[Ti+4]. The van der Waals surface area contributed by atoms with Crippen LogP contribution in [0.2, 0.25) is 0 Å². The normalized spacial score (nSPS) is 25.8. The molecule has 4 aliphatic rings. The van der Waals surface area contributed by atoms with Gasteiger partial charge in [-0.05, 0) is 97.7 Å². The molecule has 4 rings (SSSR count). The van der Waals surface area contributed by atoms with E-state index in [9.17, 15) is 0 Å². The predicted molar refractivity (Wildman–Crippen MR) is 145 cm³/mol. The van der Waals surface area contributed by atoms with Gasteiger partial charge in [0, 0.05) is 0 Å². The molecule has 178 valence electrons. The van der Waals surface area contributed by atoms with Gasteiger partial charge in [0.2, 0.25) is 0 Å². The van der Waals surface area contributed by atoms with E-state index in [0.717, 1.165) is 10.5 Å². The van der Waals surface area contributed by atoms with Crippen LogP contribution in [0.3, 0.4) is 0 Å². The van der Waals surface area contributed by atoms with Gasteiger partial charge in [-0.3, -0.25) is 0 Å². The van der Waals surface area contributed by atoms with Crippen molar-refractivity contribution in [3.8, 4) is 0 Å². The standard InChI is InChI=1S/2C10H15.C5H3S2.C5H5.Fe.Ti/c2*1-6-7(2)9(4)10(5)8(6)3;6-4-2-1-3-5(4)7;1-2-4-5-3-1;;/h2*1-5H3;1-3H;1-5H;;/q;;-2;;+2;+4. The number of rotatable bonds is 0. The molecule has 0 aromatic rings. The zero-order valence-corrected chi connectivity index (χ0v) is 26.6. The zero-order chi connectivity index (χ0) is 24.6. The molecule has 0 unspecified atom stereocenters. The van der Waals surface area contributed by atoms with E-state index in [1.807, 2.05) is 51.4 Å². The minimum atomic E-state index is 0. The van der Waals surface area contributed by atoms with Crippen LogP contribution in [0.1, 0.15) is 69.2 Å². The first-order valence-electron chi connectivity index (χ1n) is 11.1. The van der Waals surface area contributed by atoms with Gasteiger partial charge in [0.05, 0.1) is 0 Å². The minimum Gasteiger partial charge on any atom is -0.788 e. The Morgan fingerprint density at radius 3 is 0.588 bits per heavy atom. The molecule has 0 nitrogen and oxygen atoms in total. The van der Waals surface area contributed by atoms with Crippen LogP contribution in [0.15, 0.2) is 0 Å². The monoisotopic (exact) mass is 566 g/mol. The van der Waals surface area contributed by atoms with Crippen LogP contribution in [-0.4, -0.2) is 0 Å². The summed E-state index contributed by atoms with van der Waals surface area (Å²) < 4.78 is 0. The van der Waals surface area contributed by atoms with Gasteiger partial charge in [0.1, 0.15) is 0 Å². The van der Waals surface area contributed by atoms with Gasteiger partial charge in [-0.15, -0.1) is 0 Å². The molecule has 4 aliphatic carbocycles. The summed E-state index contributed by atoms with van der Waals surface area (Å²) in [6.07, 6.45) is 15.5. The van der Waals surface area contributed by atoms with Crippen molar-refractivity contribution in [3.63, 3.8) is 0 Å². The molecule has 0 heterocycles. The summed E-state index contributed by atoms with van der Waals surface area (Å²) in [5, 5.41) is 1.57. The van der Waals surface area contributed by atoms with Gasteiger partial charge in [0.15, 0.2) is 0 Å². The Bertz CT molecular complexity index is 365. The average molecular weight is 566 g/mol. The van der Waals surface area contributed by atoms with Crippen LogP contribution in [0.4, 0.5) is 0 Å². The van der Waals surface area contributed by atoms with E-state index in [1.54, 1.807) is 0 Å². The second-order valence-corrected chi connectivity index (χ2v) is 9.35. The van der Waals surface area contributed by atoms with E-state index in [1.165, 1.54) is 59.2 Å². The number of hydrogen-bond donors (Lipinski definition) is 0. The Morgan fingerprint density at radius 2 is 0.500 bits per heavy atom. The molecule has 0 aromatic carbocycles. The Labute approximate surface area is 252 Å². The van der Waals surface area contributed by atoms with Crippen molar-refractivity contribution in [1.82, 2.24) is 0 Å². The van der Waals surface area contributed by atoms with Gasteiger partial charge in [-0.2, -0.15) is 10.5 Å². The maximum atomic E-state index is 4.78. The summed E-state index contributed by atoms with van der Waals surface area (Å²) in [6, 6.07) is 0. The smallest absolute Gasteiger partial charge is 0.788 e. The third-order valence-electron chi connectivity index (χ3n) is 6.92. The Balaban J connectivity index is 0. The summed E-state index contributed by atoms with van der Waals surface area (Å²) in [4.78, 5) is 0. The maximum Gasteiger partial charge on any atom is 4.00 e. The third kappa shape index (κ3) is 11.4. The first kappa shape index (κ1) is 38.1. The predicted octanol–water partition coefficient (Wildman–Crippen LogP) is 7.73. The molecule has 0 amide bonds. The molecule has 0 aromatic heterocycles. The molecular weight excluding hydrogens is 528 g/mol. The van der Waals surface area contributed by atoms with E-state index >= 15 is 0 Å². The maximum absolute atomic E-state index is 4.78. The van der Waals surface area contributed by atoms with Gasteiger partial charge in [0.25, 0.3) is 0 Å². The molecule has 4 saturated carbocycles. The van der Waals surface area contributed by atoms with Gasteiger partial charge >= 0.3 is 38.8 Å². The van der Waals surface area contributed by atoms with Gasteiger partial charge in [-0.1, -0.05) is 82.1 Å².